The number of rotatable bonds is 26. The highest BCUT2D eigenvalue weighted by molar-refractivity contribution is 7.90. The van der Waals surface area contributed by atoms with Crippen LogP contribution in [-0.2, 0) is 113 Å². The van der Waals surface area contributed by atoms with Crippen LogP contribution >= 0.6 is 0 Å². The monoisotopic (exact) mass is 1650 g/mol. The molecule has 2 aromatic carbocycles. The zero-order valence-corrected chi connectivity index (χ0v) is 71.7. The third kappa shape index (κ3) is 42.2. The Hall–Kier alpha value is -4.71. The average Bonchev–Trinajstić information content (AvgIpc) is 0.793. The van der Waals surface area contributed by atoms with Gasteiger partial charge in [0.15, 0.2) is 12.1 Å². The summed E-state index contributed by atoms with van der Waals surface area (Å²) < 4.78 is 164. The molecule has 31 nitrogen and oxygen atoms in total. The van der Waals surface area contributed by atoms with Crippen molar-refractivity contribution in [1.29, 1.82) is 0 Å². The fourth-order valence-electron chi connectivity index (χ4n) is 10.4. The number of ketones is 1. The third-order valence-corrected chi connectivity index (χ3v) is 26.0. The van der Waals surface area contributed by atoms with E-state index in [0.29, 0.717) is 88.7 Å². The number of Topliss-reactive ketones (excluding diaryl/α,β-unsaturated/α-hetero) is 1. The number of primary sulfonamides is 6. The van der Waals surface area contributed by atoms with Gasteiger partial charge in [0.2, 0.25) is 72.0 Å². The predicted octanol–water partition coefficient (Wildman–Crippen LogP) is 8.37. The van der Waals surface area contributed by atoms with Crippen LogP contribution in [0.4, 0.5) is 5.69 Å². The van der Waals surface area contributed by atoms with E-state index in [2.05, 4.69) is 24.5 Å². The van der Waals surface area contributed by atoms with Gasteiger partial charge in [0, 0.05) is 35.4 Å². The summed E-state index contributed by atoms with van der Waals surface area (Å²) in [6.07, 6.45) is 12.7. The lowest BCUT2D eigenvalue weighted by Crippen LogP contribution is -2.51. The van der Waals surface area contributed by atoms with Crippen molar-refractivity contribution in [1.82, 2.24) is 5.32 Å². The van der Waals surface area contributed by atoms with Gasteiger partial charge in [-0.1, -0.05) is 81.4 Å². The first kappa shape index (κ1) is 103. The number of anilines is 1. The SMILES string of the molecule is CC1CC(C)OC(CCCCS(N)(=O)=O)O1.CC1CC(C)OC2(CCC(S(N)(=O)=O)CC2)O1.CCC(C)(C)C(=O)NC1CCC(S(N)(=O)=O)CC1.CCC(C)(C)C(=O)Nc1ccc(S(N)(=O)=O)cc1.CCC(C)(C)C(=O)OCCOC(=O)CC(C)=O.CCC(C)S(N)(=O)=O.CCC(C)c1ccc(S(N)(=O)=O)cc1. The molecule has 1 spiro atoms. The number of unbranched alkanes of at least 4 members (excludes halogenated alkanes) is 1. The van der Waals surface area contributed by atoms with E-state index in [1.165, 1.54) is 31.2 Å². The predicted molar refractivity (Wildman–Crippen MR) is 418 cm³/mol. The third-order valence-electron chi connectivity index (χ3n) is 19.1. The molecule has 2 aliphatic heterocycles. The molecule has 0 radical (unpaired) electrons. The van der Waals surface area contributed by atoms with Gasteiger partial charge in [0.25, 0.3) is 0 Å². The number of ether oxygens (including phenoxy) is 6. The molecule has 37 heteroatoms. The Labute approximate surface area is 645 Å². The van der Waals surface area contributed by atoms with E-state index in [1.807, 2.05) is 88.3 Å². The molecule has 2 saturated heterocycles. The number of hydrogen-bond donors (Lipinski definition) is 8. The molecule has 4 aliphatic rings. The molecule has 6 rings (SSSR count). The maximum atomic E-state index is 12.0. The zero-order chi connectivity index (χ0) is 83.8. The Morgan fingerprint density at radius 3 is 1.34 bits per heavy atom. The molecule has 0 aromatic heterocycles. The van der Waals surface area contributed by atoms with Crippen LogP contribution in [0.25, 0.3) is 0 Å². The first-order valence-electron chi connectivity index (χ1n) is 36.6. The van der Waals surface area contributed by atoms with Crippen molar-refractivity contribution in [2.75, 3.05) is 24.3 Å². The minimum absolute atomic E-state index is 0.0162. The minimum atomic E-state index is -3.69. The standard InChI is InChI=1S/C12H24N2O3S.C12H18N2O3S.C12H20O5.C11H21NO4S.C10H21NO4S.C10H15NO2S.C4H11NO2S/c2*1-4-12(2,3)11(15)14-9-5-7-10(8-6-9)18(13,16)17;1-5-12(3,4)11(15)17-7-6-16-10(14)8-9(2)13;1-8-7-9(2)16-11(15-8)5-3-10(4-6-11)17(12,13)14;1-8-7-9(2)15-10(14-8)5-3-4-6-16(11,12)13;1-3-8(2)9-4-6-10(7-5-9)14(11,12)13;1-3-4(2)8(5,6)7/h9-10H,4-8H2,1-3H3,(H,14,15)(H2,13,16,17);5-8H,4H2,1-3H3,(H,14,15)(H2,13,16,17);5-8H2,1-4H3;8-10H,3-7H2,1-2H3,(H2,12,13,14);8-10H,3-7H2,1-2H3,(H2,11,12,13);4-8H,3H2,1-2H3,(H2,11,12,13);4H,3H2,1-2H3,(H2,5,6,7). The Balaban J connectivity index is 0.00000125. The second-order valence-electron chi connectivity index (χ2n) is 30.0. The number of carbonyl (C=O) groups is 5. The van der Waals surface area contributed by atoms with Crippen LogP contribution in [0.3, 0.4) is 0 Å². The van der Waals surface area contributed by atoms with E-state index in [0.717, 1.165) is 44.1 Å². The van der Waals surface area contributed by atoms with Gasteiger partial charge >= 0.3 is 11.9 Å². The van der Waals surface area contributed by atoms with Crippen molar-refractivity contribution in [3.05, 3.63) is 54.1 Å². The molecule has 2 aromatic rings. The summed E-state index contributed by atoms with van der Waals surface area (Å²) in [4.78, 5) is 57.1. The Bertz CT molecular complexity index is 3790. The number of amides is 2. The molecular weight excluding hydrogens is 1530 g/mol. The summed E-state index contributed by atoms with van der Waals surface area (Å²) in [5, 5.41) is 34.4. The highest BCUT2D eigenvalue weighted by Crippen LogP contribution is 2.40. The summed E-state index contributed by atoms with van der Waals surface area (Å²) in [7, 11) is -20.7. The van der Waals surface area contributed by atoms with Gasteiger partial charge in [-0.05, 0) is 206 Å². The first-order valence-corrected chi connectivity index (χ1v) is 46.3. The second-order valence-corrected chi connectivity index (χ2v) is 40.5. The van der Waals surface area contributed by atoms with Crippen LogP contribution in [-0.4, -0.2) is 157 Å². The smallest absolute Gasteiger partial charge is 0.313 e. The number of sulfonamides is 6. The molecule has 0 bridgehead atoms. The van der Waals surface area contributed by atoms with Crippen molar-refractivity contribution in [3.8, 4) is 0 Å². The quantitative estimate of drug-likeness (QED) is 0.0249. The van der Waals surface area contributed by atoms with Crippen LogP contribution in [0.1, 0.15) is 258 Å². The van der Waals surface area contributed by atoms with Gasteiger partial charge in [0.05, 0.1) is 61.1 Å². The topological polar surface area (TPSA) is 526 Å². The van der Waals surface area contributed by atoms with Crippen LogP contribution in [0, 0.1) is 16.2 Å². The second kappa shape index (κ2) is 46.5. The molecule has 14 N–H and O–H groups in total. The Kier molecular flexibility index (Phi) is 44.4. The lowest BCUT2D eigenvalue weighted by Gasteiger charge is -2.46. The Morgan fingerprint density at radius 1 is 0.546 bits per heavy atom. The fraction of sp³-hybridized carbons (Fsp3) is 0.761. The number of carbonyl (C=O) groups excluding carboxylic acids is 5. The van der Waals surface area contributed by atoms with Crippen molar-refractivity contribution < 1.29 is 103 Å². The molecule has 4 fully saturated rings. The molecule has 2 aliphatic carbocycles. The van der Waals surface area contributed by atoms with Gasteiger partial charge in [-0.2, -0.15) is 0 Å². The number of nitrogens with one attached hydrogen (secondary N) is 2. The lowest BCUT2D eigenvalue weighted by atomic mass is 9.87. The molecule has 2 saturated carbocycles. The van der Waals surface area contributed by atoms with Crippen LogP contribution in [0.15, 0.2) is 58.3 Å². The van der Waals surface area contributed by atoms with Crippen LogP contribution in [0.2, 0.25) is 0 Å². The van der Waals surface area contributed by atoms with E-state index in [4.69, 9.17) is 59.3 Å². The number of nitrogens with two attached hydrogens (primary N) is 6. The molecule has 2 heterocycles. The number of benzene rings is 2. The number of hydrogen-bond acceptors (Lipinski definition) is 23. The normalized spacial score (nSPS) is 22.6. The summed E-state index contributed by atoms with van der Waals surface area (Å²) in [5.74, 6) is -1.31. The van der Waals surface area contributed by atoms with E-state index in [9.17, 15) is 74.5 Å². The van der Waals surface area contributed by atoms with Crippen LogP contribution in [0.5, 0.6) is 0 Å². The van der Waals surface area contributed by atoms with Crippen LogP contribution < -0.4 is 41.5 Å². The molecule has 628 valence electrons. The van der Waals surface area contributed by atoms with Gasteiger partial charge < -0.3 is 39.1 Å². The largest absolute Gasteiger partial charge is 0.462 e. The number of esters is 2. The molecule has 108 heavy (non-hydrogen) atoms. The lowest BCUT2D eigenvalue weighted by molar-refractivity contribution is -0.322. The van der Waals surface area contributed by atoms with Gasteiger partial charge in [-0.3, -0.25) is 24.0 Å². The molecule has 6 unspecified atom stereocenters. The maximum Gasteiger partial charge on any atom is 0.313 e. The summed E-state index contributed by atoms with van der Waals surface area (Å²) in [6.45, 7) is 33.9. The fourth-order valence-corrected chi connectivity index (χ4v) is 14.3. The van der Waals surface area contributed by atoms with Crippen molar-refractivity contribution in [2.45, 2.75) is 321 Å². The van der Waals surface area contributed by atoms with E-state index in [1.54, 1.807) is 39.8 Å². The summed E-state index contributed by atoms with van der Waals surface area (Å²) in [5.41, 5.74) is 0.340. The van der Waals surface area contributed by atoms with Crippen molar-refractivity contribution >= 4 is 95.4 Å². The summed E-state index contributed by atoms with van der Waals surface area (Å²) in [6, 6.07) is 12.6. The van der Waals surface area contributed by atoms with Crippen molar-refractivity contribution in [3.63, 3.8) is 0 Å². The highest BCUT2D eigenvalue weighted by atomic mass is 32.2. The van der Waals surface area contributed by atoms with Crippen molar-refractivity contribution in [2.24, 2.45) is 47.1 Å². The molecular formula is C71H130N8O23S6. The van der Waals surface area contributed by atoms with E-state index < -0.39 is 98.5 Å². The summed E-state index contributed by atoms with van der Waals surface area (Å²) >= 11 is 0. The first-order chi connectivity index (χ1) is 49.2. The maximum absolute atomic E-state index is 12.0. The van der Waals surface area contributed by atoms with Gasteiger partial charge in [0.1, 0.15) is 25.4 Å². The van der Waals surface area contributed by atoms with E-state index >= 15 is 0 Å². The molecule has 6 atom stereocenters. The van der Waals surface area contributed by atoms with E-state index in [-0.39, 0.29) is 101 Å². The minimum Gasteiger partial charge on any atom is -0.462 e. The Morgan fingerprint density at radius 2 is 0.963 bits per heavy atom. The molecule has 2 amide bonds. The zero-order valence-electron chi connectivity index (χ0n) is 66.8. The van der Waals surface area contributed by atoms with Gasteiger partial charge in [-0.25, -0.2) is 81.3 Å². The highest BCUT2D eigenvalue weighted by Gasteiger charge is 2.45. The average molecular weight is 1660 g/mol. The van der Waals surface area contributed by atoms with Gasteiger partial charge in [-0.15, -0.1) is 0 Å².